The first kappa shape index (κ1) is 21.1. The van der Waals surface area contributed by atoms with E-state index in [0.29, 0.717) is 18.6 Å². The van der Waals surface area contributed by atoms with Gasteiger partial charge in [0.15, 0.2) is 0 Å². The highest BCUT2D eigenvalue weighted by molar-refractivity contribution is 7.89. The summed E-state index contributed by atoms with van der Waals surface area (Å²) in [5.74, 6) is -0.955. The van der Waals surface area contributed by atoms with Crippen LogP contribution in [0.25, 0.3) is 0 Å². The molecule has 1 atom stereocenters. The number of ether oxygens (including phenoxy) is 2. The van der Waals surface area contributed by atoms with Crippen LogP contribution in [0.4, 0.5) is 10.1 Å². The standard InChI is InChI=1S/C20H23FN2O5S/c1-27-15-9-10-18(28-2)19(12-15)29(25,26)23-11-5-6-14(13-23)20(24)22-17-8-4-3-7-16(17)21/h3-4,7-10,12,14H,5-6,11,13H2,1-2H3,(H,22,24)/t14-/m1/s1. The van der Waals surface area contributed by atoms with Crippen molar-refractivity contribution in [2.75, 3.05) is 32.6 Å². The Kier molecular flexibility index (Phi) is 6.39. The molecule has 2 aromatic carbocycles. The molecule has 1 fully saturated rings. The number of nitrogens with one attached hydrogen (secondary N) is 1. The molecule has 0 spiro atoms. The van der Waals surface area contributed by atoms with Crippen molar-refractivity contribution in [3.63, 3.8) is 0 Å². The number of hydrogen-bond acceptors (Lipinski definition) is 5. The van der Waals surface area contributed by atoms with Gasteiger partial charge >= 0.3 is 0 Å². The summed E-state index contributed by atoms with van der Waals surface area (Å²) in [6.45, 7) is 0.287. The molecule has 2 aromatic rings. The molecule has 1 saturated heterocycles. The lowest BCUT2D eigenvalue weighted by molar-refractivity contribution is -0.120. The van der Waals surface area contributed by atoms with E-state index in [4.69, 9.17) is 9.47 Å². The molecule has 7 nitrogen and oxygen atoms in total. The summed E-state index contributed by atoms with van der Waals surface area (Å²) in [6.07, 6.45) is 1.03. The van der Waals surface area contributed by atoms with Gasteiger partial charge in [-0.05, 0) is 37.1 Å². The minimum absolute atomic E-state index is 0.00296. The van der Waals surface area contributed by atoms with Gasteiger partial charge in [0.25, 0.3) is 0 Å². The Bertz CT molecular complexity index is 996. The van der Waals surface area contributed by atoms with Crippen LogP contribution in [0.3, 0.4) is 0 Å². The van der Waals surface area contributed by atoms with Gasteiger partial charge in [0.05, 0.1) is 25.8 Å². The van der Waals surface area contributed by atoms with Crippen LogP contribution < -0.4 is 14.8 Å². The number of benzene rings is 2. The van der Waals surface area contributed by atoms with E-state index in [9.17, 15) is 17.6 Å². The lowest BCUT2D eigenvalue weighted by atomic mass is 9.98. The van der Waals surface area contributed by atoms with E-state index in [-0.39, 0.29) is 29.4 Å². The number of nitrogens with zero attached hydrogens (tertiary/aromatic N) is 1. The van der Waals surface area contributed by atoms with Gasteiger partial charge in [0.2, 0.25) is 15.9 Å². The van der Waals surface area contributed by atoms with E-state index in [1.54, 1.807) is 12.1 Å². The SMILES string of the molecule is COc1ccc(OC)c(S(=O)(=O)N2CCC[C@@H](C(=O)Nc3ccccc3F)C2)c1. The van der Waals surface area contributed by atoms with Crippen LogP contribution in [0.2, 0.25) is 0 Å². The number of methoxy groups -OCH3 is 2. The summed E-state index contributed by atoms with van der Waals surface area (Å²) in [5.41, 5.74) is 0.0759. The Balaban J connectivity index is 1.81. The van der Waals surface area contributed by atoms with Crippen LogP contribution in [-0.4, -0.2) is 45.9 Å². The van der Waals surface area contributed by atoms with Crippen molar-refractivity contribution in [1.82, 2.24) is 4.31 Å². The van der Waals surface area contributed by atoms with Crippen molar-refractivity contribution in [3.05, 3.63) is 48.3 Å². The fourth-order valence-corrected chi connectivity index (χ4v) is 4.99. The third-order valence-corrected chi connectivity index (χ3v) is 6.76. The lowest BCUT2D eigenvalue weighted by Gasteiger charge is -2.31. The van der Waals surface area contributed by atoms with Crippen molar-refractivity contribution < 1.29 is 27.1 Å². The number of halogens is 1. The molecule has 3 rings (SSSR count). The maximum absolute atomic E-state index is 13.8. The van der Waals surface area contributed by atoms with Crippen molar-refractivity contribution in [2.24, 2.45) is 5.92 Å². The summed E-state index contributed by atoms with van der Waals surface area (Å²) in [7, 11) is -1.07. The van der Waals surface area contributed by atoms with Gasteiger partial charge in [-0.1, -0.05) is 12.1 Å². The minimum Gasteiger partial charge on any atom is -0.497 e. The van der Waals surface area contributed by atoms with E-state index in [0.717, 1.165) is 0 Å². The largest absolute Gasteiger partial charge is 0.497 e. The highest BCUT2D eigenvalue weighted by Crippen LogP contribution is 2.33. The average molecular weight is 422 g/mol. The number of anilines is 1. The van der Waals surface area contributed by atoms with Gasteiger partial charge in [-0.15, -0.1) is 0 Å². The Hall–Kier alpha value is -2.65. The first-order valence-electron chi connectivity index (χ1n) is 9.14. The minimum atomic E-state index is -3.91. The summed E-state index contributed by atoms with van der Waals surface area (Å²) in [4.78, 5) is 12.6. The molecule has 0 radical (unpaired) electrons. The second kappa shape index (κ2) is 8.79. The van der Waals surface area contributed by atoms with E-state index >= 15 is 0 Å². The zero-order chi connectivity index (χ0) is 21.0. The fourth-order valence-electron chi connectivity index (χ4n) is 3.30. The molecule has 9 heteroatoms. The van der Waals surface area contributed by atoms with Crippen LogP contribution >= 0.6 is 0 Å². The maximum Gasteiger partial charge on any atom is 0.246 e. The van der Waals surface area contributed by atoms with E-state index in [1.165, 1.54) is 48.9 Å². The van der Waals surface area contributed by atoms with E-state index in [1.807, 2.05) is 0 Å². The Labute approximate surface area is 169 Å². The Morgan fingerprint density at radius 1 is 1.17 bits per heavy atom. The molecule has 1 aliphatic heterocycles. The third kappa shape index (κ3) is 4.51. The number of rotatable bonds is 6. The molecule has 0 aliphatic carbocycles. The fraction of sp³-hybridized carbons (Fsp3) is 0.350. The van der Waals surface area contributed by atoms with Crippen LogP contribution in [0.5, 0.6) is 11.5 Å². The maximum atomic E-state index is 13.8. The third-order valence-electron chi connectivity index (χ3n) is 4.88. The van der Waals surface area contributed by atoms with Gasteiger partial charge < -0.3 is 14.8 Å². The van der Waals surface area contributed by atoms with Crippen molar-refractivity contribution in [3.8, 4) is 11.5 Å². The molecule has 1 amide bonds. The van der Waals surface area contributed by atoms with Crippen molar-refractivity contribution in [1.29, 1.82) is 0 Å². The number of sulfonamides is 1. The van der Waals surface area contributed by atoms with Gasteiger partial charge in [-0.2, -0.15) is 4.31 Å². The van der Waals surface area contributed by atoms with Gasteiger partial charge in [-0.25, -0.2) is 12.8 Å². The van der Waals surface area contributed by atoms with Crippen LogP contribution in [0.1, 0.15) is 12.8 Å². The van der Waals surface area contributed by atoms with Crippen molar-refractivity contribution >= 4 is 21.6 Å². The number of carbonyl (C=O) groups excluding carboxylic acids is 1. The average Bonchev–Trinajstić information content (AvgIpc) is 2.74. The predicted molar refractivity (Wildman–Crippen MR) is 106 cm³/mol. The molecule has 0 unspecified atom stereocenters. The number of amides is 1. The predicted octanol–water partition coefficient (Wildman–Crippen LogP) is 2.88. The smallest absolute Gasteiger partial charge is 0.246 e. The van der Waals surface area contributed by atoms with Gasteiger partial charge in [0, 0.05) is 19.2 Å². The second-order valence-corrected chi connectivity index (χ2v) is 8.59. The van der Waals surface area contributed by atoms with Gasteiger partial charge in [-0.3, -0.25) is 4.79 Å². The highest BCUT2D eigenvalue weighted by atomic mass is 32.2. The molecule has 1 N–H and O–H groups in total. The molecular formula is C20H23FN2O5S. The highest BCUT2D eigenvalue weighted by Gasteiger charge is 2.35. The molecule has 0 aromatic heterocycles. The van der Waals surface area contributed by atoms with E-state index in [2.05, 4.69) is 5.32 Å². The van der Waals surface area contributed by atoms with E-state index < -0.39 is 27.7 Å². The normalized spacial score (nSPS) is 17.6. The quantitative estimate of drug-likeness (QED) is 0.774. The first-order valence-corrected chi connectivity index (χ1v) is 10.6. The monoisotopic (exact) mass is 422 g/mol. The molecule has 29 heavy (non-hydrogen) atoms. The van der Waals surface area contributed by atoms with Crippen molar-refractivity contribution in [2.45, 2.75) is 17.7 Å². The first-order chi connectivity index (χ1) is 13.9. The van der Waals surface area contributed by atoms with Gasteiger partial charge in [0.1, 0.15) is 22.2 Å². The van der Waals surface area contributed by atoms with Crippen LogP contribution in [0, 0.1) is 11.7 Å². The number of para-hydroxylation sites is 1. The summed E-state index contributed by atoms with van der Waals surface area (Å²) in [5, 5.41) is 2.55. The Morgan fingerprint density at radius 2 is 1.93 bits per heavy atom. The Morgan fingerprint density at radius 3 is 2.62 bits per heavy atom. The second-order valence-electron chi connectivity index (χ2n) is 6.69. The number of piperidine rings is 1. The lowest BCUT2D eigenvalue weighted by Crippen LogP contribution is -2.43. The molecular weight excluding hydrogens is 399 g/mol. The molecule has 156 valence electrons. The number of hydrogen-bond donors (Lipinski definition) is 1. The zero-order valence-electron chi connectivity index (χ0n) is 16.2. The summed E-state index contributed by atoms with van der Waals surface area (Å²) in [6, 6.07) is 10.4. The number of carbonyl (C=O) groups is 1. The van der Waals surface area contributed by atoms with Crippen LogP contribution in [0.15, 0.2) is 47.4 Å². The summed E-state index contributed by atoms with van der Waals surface area (Å²) >= 11 is 0. The molecule has 1 aliphatic rings. The van der Waals surface area contributed by atoms with Crippen LogP contribution in [-0.2, 0) is 14.8 Å². The molecule has 0 bridgehead atoms. The molecule has 1 heterocycles. The topological polar surface area (TPSA) is 84.9 Å². The zero-order valence-corrected chi connectivity index (χ0v) is 17.0. The molecule has 0 saturated carbocycles. The summed E-state index contributed by atoms with van der Waals surface area (Å²) < 4.78 is 51.8.